The van der Waals surface area contributed by atoms with E-state index in [-0.39, 0.29) is 17.9 Å². The minimum atomic E-state index is -3.48. The van der Waals surface area contributed by atoms with E-state index < -0.39 is 10.0 Å². The molecule has 2 aliphatic rings. The summed E-state index contributed by atoms with van der Waals surface area (Å²) in [6.07, 6.45) is 8.61. The van der Waals surface area contributed by atoms with Crippen molar-refractivity contribution in [1.82, 2.24) is 14.5 Å². The minimum absolute atomic E-state index is 0.0504. The summed E-state index contributed by atoms with van der Waals surface area (Å²) in [6, 6.07) is 15.9. The number of nitrogens with one attached hydrogen (secondary N) is 1. The summed E-state index contributed by atoms with van der Waals surface area (Å²) in [5.41, 5.74) is 1.41. The maximum absolute atomic E-state index is 12.9. The van der Waals surface area contributed by atoms with Crippen LogP contribution in [-0.2, 0) is 14.8 Å². The molecule has 1 N–H and O–H groups in total. The van der Waals surface area contributed by atoms with Gasteiger partial charge in [-0.2, -0.15) is 4.31 Å². The third-order valence-electron chi connectivity index (χ3n) is 6.68. The highest BCUT2D eigenvalue weighted by Crippen LogP contribution is 2.21. The van der Waals surface area contributed by atoms with Gasteiger partial charge in [0.2, 0.25) is 15.9 Å². The number of carbonyl (C=O) groups excluding carboxylic acids is 2. The maximum Gasteiger partial charge on any atom is 0.251 e. The third kappa shape index (κ3) is 6.58. The number of sulfonamides is 1. The second-order valence-corrected chi connectivity index (χ2v) is 11.1. The van der Waals surface area contributed by atoms with E-state index in [2.05, 4.69) is 5.32 Å². The topological polar surface area (TPSA) is 86.8 Å². The molecular weight excluding hydrogens is 462 g/mol. The van der Waals surface area contributed by atoms with Crippen LogP contribution in [0.2, 0.25) is 0 Å². The normalized spacial score (nSPS) is 18.3. The van der Waals surface area contributed by atoms with Crippen LogP contribution in [0.4, 0.5) is 0 Å². The average Bonchev–Trinajstić information content (AvgIpc) is 3.19. The molecule has 2 aromatic rings. The van der Waals surface area contributed by atoms with E-state index in [9.17, 15) is 18.0 Å². The summed E-state index contributed by atoms with van der Waals surface area (Å²) in [5, 5.41) is 3.05. The Labute approximate surface area is 207 Å². The molecule has 2 heterocycles. The van der Waals surface area contributed by atoms with Gasteiger partial charge in [-0.3, -0.25) is 9.59 Å². The fourth-order valence-corrected chi connectivity index (χ4v) is 6.07. The van der Waals surface area contributed by atoms with E-state index in [1.54, 1.807) is 51.7 Å². The van der Waals surface area contributed by atoms with E-state index in [0.29, 0.717) is 49.5 Å². The monoisotopic (exact) mass is 495 g/mol. The summed E-state index contributed by atoms with van der Waals surface area (Å²) >= 11 is 0. The van der Waals surface area contributed by atoms with Crippen LogP contribution in [0.15, 0.2) is 65.6 Å². The van der Waals surface area contributed by atoms with Gasteiger partial charge in [-0.15, -0.1) is 0 Å². The van der Waals surface area contributed by atoms with Gasteiger partial charge in [0.05, 0.1) is 4.90 Å². The number of likely N-dealkylation sites (tertiary alicyclic amines) is 1. The Hall–Kier alpha value is -2.97. The van der Waals surface area contributed by atoms with Gasteiger partial charge >= 0.3 is 0 Å². The van der Waals surface area contributed by atoms with Crippen molar-refractivity contribution in [3.05, 3.63) is 71.8 Å². The number of amides is 2. The van der Waals surface area contributed by atoms with Crippen LogP contribution >= 0.6 is 0 Å². The SMILES string of the molecule is O=C(NC1CCN(C(=O)/C=C/c2ccc(S(=O)(=O)N3CCCCCC3)cc2)CC1)c1ccccc1. The fraction of sp³-hybridized carbons (Fsp3) is 0.407. The Morgan fingerprint density at radius 2 is 1.46 bits per heavy atom. The first kappa shape index (κ1) is 25.1. The number of piperidine rings is 1. The zero-order chi connectivity index (χ0) is 24.7. The lowest BCUT2D eigenvalue weighted by Crippen LogP contribution is -2.46. The van der Waals surface area contributed by atoms with E-state index in [4.69, 9.17) is 0 Å². The first-order valence-corrected chi connectivity index (χ1v) is 13.8. The Balaban J connectivity index is 1.28. The van der Waals surface area contributed by atoms with Gasteiger partial charge in [-0.05, 0) is 61.6 Å². The number of nitrogens with zero attached hydrogens (tertiary/aromatic N) is 2. The first-order valence-electron chi connectivity index (χ1n) is 12.4. The lowest BCUT2D eigenvalue weighted by Gasteiger charge is -2.31. The second kappa shape index (κ2) is 11.6. The maximum atomic E-state index is 12.9. The highest BCUT2D eigenvalue weighted by atomic mass is 32.2. The predicted octanol–water partition coefficient (Wildman–Crippen LogP) is 3.69. The summed E-state index contributed by atoms with van der Waals surface area (Å²) in [6.45, 7) is 2.31. The average molecular weight is 496 g/mol. The first-order chi connectivity index (χ1) is 16.9. The van der Waals surface area contributed by atoms with Crippen LogP contribution in [0.25, 0.3) is 6.08 Å². The minimum Gasteiger partial charge on any atom is -0.349 e. The zero-order valence-corrected chi connectivity index (χ0v) is 20.8. The van der Waals surface area contributed by atoms with Crippen molar-refractivity contribution < 1.29 is 18.0 Å². The Bertz CT molecular complexity index is 1130. The highest BCUT2D eigenvalue weighted by Gasteiger charge is 2.25. The molecule has 0 bridgehead atoms. The smallest absolute Gasteiger partial charge is 0.251 e. The van der Waals surface area contributed by atoms with Crippen LogP contribution in [0.5, 0.6) is 0 Å². The van der Waals surface area contributed by atoms with Crippen molar-refractivity contribution in [2.24, 2.45) is 0 Å². The quantitative estimate of drug-likeness (QED) is 0.620. The number of hydrogen-bond acceptors (Lipinski definition) is 4. The van der Waals surface area contributed by atoms with Crippen molar-refractivity contribution >= 4 is 27.9 Å². The lowest BCUT2D eigenvalue weighted by molar-refractivity contribution is -0.127. The Morgan fingerprint density at radius 3 is 2.09 bits per heavy atom. The number of benzene rings is 2. The van der Waals surface area contributed by atoms with Crippen molar-refractivity contribution in [1.29, 1.82) is 0 Å². The van der Waals surface area contributed by atoms with Crippen LogP contribution in [0, 0.1) is 0 Å². The van der Waals surface area contributed by atoms with Crippen molar-refractivity contribution in [3.8, 4) is 0 Å². The zero-order valence-electron chi connectivity index (χ0n) is 19.9. The summed E-state index contributed by atoms with van der Waals surface area (Å²) in [4.78, 5) is 27.0. The molecule has 0 saturated carbocycles. The van der Waals surface area contributed by atoms with Crippen LogP contribution in [0.1, 0.15) is 54.4 Å². The summed E-state index contributed by atoms with van der Waals surface area (Å²) < 4.78 is 27.4. The fourth-order valence-electron chi connectivity index (χ4n) is 4.56. The standard InChI is InChI=1S/C27H33N3O4S/c31-26(29-20-16-24(17-21-29)28-27(32)23-8-4-3-5-9-23)15-12-22-10-13-25(14-11-22)35(33,34)30-18-6-1-2-7-19-30/h3-5,8-15,24H,1-2,6-7,16-21H2,(H,28,32)/b15-12+. The molecule has 0 atom stereocenters. The molecule has 2 aromatic carbocycles. The molecule has 0 radical (unpaired) electrons. The van der Waals surface area contributed by atoms with Gasteiger partial charge in [0.15, 0.2) is 0 Å². The van der Waals surface area contributed by atoms with Gasteiger partial charge in [-0.1, -0.05) is 43.2 Å². The van der Waals surface area contributed by atoms with Gasteiger partial charge in [0, 0.05) is 43.9 Å². The molecule has 186 valence electrons. The molecule has 0 unspecified atom stereocenters. The van der Waals surface area contributed by atoms with Crippen LogP contribution in [0.3, 0.4) is 0 Å². The van der Waals surface area contributed by atoms with E-state index in [1.165, 1.54) is 6.08 Å². The van der Waals surface area contributed by atoms with Crippen molar-refractivity contribution in [2.75, 3.05) is 26.2 Å². The third-order valence-corrected chi connectivity index (χ3v) is 8.59. The molecule has 0 aliphatic carbocycles. The number of hydrogen-bond donors (Lipinski definition) is 1. The predicted molar refractivity (Wildman–Crippen MR) is 136 cm³/mol. The van der Waals surface area contributed by atoms with Crippen molar-refractivity contribution in [2.45, 2.75) is 49.5 Å². The van der Waals surface area contributed by atoms with Crippen LogP contribution in [-0.4, -0.2) is 61.7 Å². The number of rotatable bonds is 6. The molecule has 7 nitrogen and oxygen atoms in total. The largest absolute Gasteiger partial charge is 0.349 e. The molecule has 0 aromatic heterocycles. The van der Waals surface area contributed by atoms with Gasteiger partial charge in [0.25, 0.3) is 5.91 Å². The Kier molecular flexibility index (Phi) is 8.36. The molecule has 2 amide bonds. The molecule has 8 heteroatoms. The summed E-state index contributed by atoms with van der Waals surface area (Å²) in [5.74, 6) is -0.171. The van der Waals surface area contributed by atoms with E-state index in [0.717, 1.165) is 31.2 Å². The lowest BCUT2D eigenvalue weighted by atomic mass is 10.0. The molecule has 35 heavy (non-hydrogen) atoms. The second-order valence-electron chi connectivity index (χ2n) is 9.16. The molecule has 2 fully saturated rings. The van der Waals surface area contributed by atoms with E-state index >= 15 is 0 Å². The van der Waals surface area contributed by atoms with E-state index in [1.807, 2.05) is 18.2 Å². The van der Waals surface area contributed by atoms with Gasteiger partial charge in [0.1, 0.15) is 0 Å². The molecule has 4 rings (SSSR count). The Morgan fingerprint density at radius 1 is 0.829 bits per heavy atom. The molecular formula is C27H33N3O4S. The van der Waals surface area contributed by atoms with Gasteiger partial charge < -0.3 is 10.2 Å². The molecule has 2 saturated heterocycles. The molecule has 2 aliphatic heterocycles. The van der Waals surface area contributed by atoms with Gasteiger partial charge in [-0.25, -0.2) is 8.42 Å². The van der Waals surface area contributed by atoms with Crippen molar-refractivity contribution in [3.63, 3.8) is 0 Å². The number of carbonyl (C=O) groups is 2. The highest BCUT2D eigenvalue weighted by molar-refractivity contribution is 7.89. The molecule has 0 spiro atoms. The van der Waals surface area contributed by atoms with Crippen LogP contribution < -0.4 is 5.32 Å². The summed E-state index contributed by atoms with van der Waals surface area (Å²) in [7, 11) is -3.48.